The Bertz CT molecular complexity index is 475. The van der Waals surface area contributed by atoms with Crippen LogP contribution in [0.3, 0.4) is 0 Å². The smallest absolute Gasteiger partial charge is 0.337 e. The summed E-state index contributed by atoms with van der Waals surface area (Å²) in [7, 11) is 0. The van der Waals surface area contributed by atoms with Gasteiger partial charge in [-0.05, 0) is 24.8 Å². The van der Waals surface area contributed by atoms with Gasteiger partial charge in [-0.15, -0.1) is 0 Å². The maximum absolute atomic E-state index is 10.8. The van der Waals surface area contributed by atoms with E-state index in [9.17, 15) is 4.79 Å². The second-order valence-electron chi connectivity index (χ2n) is 4.07. The highest BCUT2D eigenvalue weighted by molar-refractivity contribution is 5.97. The summed E-state index contributed by atoms with van der Waals surface area (Å²) < 4.78 is 0. The Balaban J connectivity index is 1.95. The Morgan fingerprint density at radius 3 is 2.93 bits per heavy atom. The van der Waals surface area contributed by atoms with Crippen LogP contribution in [-0.4, -0.2) is 21.8 Å². The summed E-state index contributed by atoms with van der Waals surface area (Å²) in [5.41, 5.74) is 2.39. The zero-order valence-electron chi connectivity index (χ0n) is 8.10. The minimum atomic E-state index is -0.926. The van der Waals surface area contributed by atoms with Gasteiger partial charge in [0.15, 0.2) is 5.82 Å². The molecule has 0 bridgehead atoms. The van der Waals surface area contributed by atoms with Gasteiger partial charge in [-0.2, -0.15) is 0 Å². The lowest BCUT2D eigenvalue weighted by molar-refractivity contribution is 0.0696. The maximum atomic E-state index is 10.8. The number of carboxylic acids is 1. The van der Waals surface area contributed by atoms with Crippen LogP contribution in [0.1, 0.15) is 28.8 Å². The summed E-state index contributed by atoms with van der Waals surface area (Å²) in [6.45, 7) is 0. The van der Waals surface area contributed by atoms with Crippen molar-refractivity contribution >= 4 is 17.5 Å². The fourth-order valence-electron chi connectivity index (χ4n) is 1.87. The van der Waals surface area contributed by atoms with Gasteiger partial charge in [0.05, 0.1) is 5.56 Å². The molecule has 0 radical (unpaired) electrons. The van der Waals surface area contributed by atoms with E-state index in [0.29, 0.717) is 11.7 Å². The summed E-state index contributed by atoms with van der Waals surface area (Å²) in [6.07, 6.45) is 4.60. The van der Waals surface area contributed by atoms with Crippen molar-refractivity contribution in [2.24, 2.45) is 10.9 Å². The first-order valence-electron chi connectivity index (χ1n) is 5.04. The number of carboxylic acid groups (broad SMARTS) is 1. The van der Waals surface area contributed by atoms with Gasteiger partial charge in [0.25, 0.3) is 0 Å². The van der Waals surface area contributed by atoms with E-state index in [4.69, 9.17) is 5.11 Å². The third-order valence-corrected chi connectivity index (χ3v) is 2.86. The van der Waals surface area contributed by atoms with Gasteiger partial charge in [0, 0.05) is 23.9 Å². The third-order valence-electron chi connectivity index (χ3n) is 2.86. The Morgan fingerprint density at radius 1 is 1.47 bits per heavy atom. The second kappa shape index (κ2) is 2.89. The Hall–Kier alpha value is -1.71. The minimum Gasteiger partial charge on any atom is -0.478 e. The van der Waals surface area contributed by atoms with E-state index < -0.39 is 5.97 Å². The van der Waals surface area contributed by atoms with E-state index in [1.165, 1.54) is 24.8 Å². The van der Waals surface area contributed by atoms with E-state index >= 15 is 0 Å². The van der Waals surface area contributed by atoms with Crippen molar-refractivity contribution in [3.63, 3.8) is 0 Å². The molecule has 1 N–H and O–H groups in total. The van der Waals surface area contributed by atoms with Crippen LogP contribution in [-0.2, 0) is 6.42 Å². The molecule has 1 aliphatic carbocycles. The Kier molecular flexibility index (Phi) is 1.65. The Morgan fingerprint density at radius 2 is 2.27 bits per heavy atom. The summed E-state index contributed by atoms with van der Waals surface area (Å²) >= 11 is 0. The van der Waals surface area contributed by atoms with E-state index in [1.807, 2.05) is 0 Å². The lowest BCUT2D eigenvalue weighted by atomic mass is 10.1. The van der Waals surface area contributed by atoms with Gasteiger partial charge in [0.1, 0.15) is 0 Å². The molecule has 4 heteroatoms. The van der Waals surface area contributed by atoms with Crippen LogP contribution >= 0.6 is 0 Å². The molecule has 0 aromatic carbocycles. The van der Waals surface area contributed by atoms with E-state index in [2.05, 4.69) is 9.98 Å². The van der Waals surface area contributed by atoms with Gasteiger partial charge >= 0.3 is 5.97 Å². The standard InChI is InChI=1S/C11H10N2O2/c14-11(15)8-3-7-4-9(6-1-2-6)13-10(7)12-5-8/h3,5-6H,1-2,4H2,(H,14,15). The van der Waals surface area contributed by atoms with E-state index in [1.54, 1.807) is 6.07 Å². The van der Waals surface area contributed by atoms with Crippen LogP contribution in [0.5, 0.6) is 0 Å². The number of pyridine rings is 1. The number of hydrogen-bond donors (Lipinski definition) is 1. The number of carbonyl (C=O) groups is 1. The van der Waals surface area contributed by atoms with Gasteiger partial charge in [-0.1, -0.05) is 0 Å². The van der Waals surface area contributed by atoms with Crippen LogP contribution in [0.2, 0.25) is 0 Å². The molecule has 0 spiro atoms. The van der Waals surface area contributed by atoms with E-state index in [-0.39, 0.29) is 5.56 Å². The molecule has 0 atom stereocenters. The number of nitrogens with zero attached hydrogens (tertiary/aromatic N) is 2. The van der Waals surface area contributed by atoms with Crippen molar-refractivity contribution in [2.45, 2.75) is 19.3 Å². The molecule has 0 amide bonds. The van der Waals surface area contributed by atoms with Gasteiger partial charge < -0.3 is 5.11 Å². The first-order chi connectivity index (χ1) is 7.24. The van der Waals surface area contributed by atoms with Gasteiger partial charge in [-0.3, -0.25) is 0 Å². The zero-order chi connectivity index (χ0) is 10.4. The third kappa shape index (κ3) is 1.42. The largest absolute Gasteiger partial charge is 0.478 e. The second-order valence-corrected chi connectivity index (χ2v) is 4.07. The van der Waals surface area contributed by atoms with Crippen molar-refractivity contribution in [1.82, 2.24) is 4.98 Å². The lowest BCUT2D eigenvalue weighted by Gasteiger charge is -1.97. The number of fused-ring (bicyclic) bond motifs is 1. The predicted octanol–water partition coefficient (Wildman–Crippen LogP) is 1.82. The molecule has 1 aromatic rings. The van der Waals surface area contributed by atoms with Crippen molar-refractivity contribution in [2.75, 3.05) is 0 Å². The SMILES string of the molecule is O=C(O)c1cnc2c(c1)CC(C1CC1)=N2. The van der Waals surface area contributed by atoms with Crippen LogP contribution in [0.4, 0.5) is 5.82 Å². The zero-order valence-corrected chi connectivity index (χ0v) is 8.10. The predicted molar refractivity (Wildman–Crippen MR) is 54.7 cm³/mol. The fraction of sp³-hybridized carbons (Fsp3) is 0.364. The average Bonchev–Trinajstić information content (AvgIpc) is 2.97. The molecular weight excluding hydrogens is 192 g/mol. The number of aromatic carboxylic acids is 1. The van der Waals surface area contributed by atoms with Crippen LogP contribution < -0.4 is 0 Å². The first kappa shape index (κ1) is 8.59. The van der Waals surface area contributed by atoms with Crippen molar-refractivity contribution < 1.29 is 9.90 Å². The maximum Gasteiger partial charge on any atom is 0.337 e. The molecule has 15 heavy (non-hydrogen) atoms. The highest BCUT2D eigenvalue weighted by Gasteiger charge is 2.31. The van der Waals surface area contributed by atoms with Crippen molar-refractivity contribution in [3.8, 4) is 0 Å². The van der Waals surface area contributed by atoms with Crippen molar-refractivity contribution in [3.05, 3.63) is 23.4 Å². The molecule has 0 saturated heterocycles. The Labute approximate surface area is 86.7 Å². The highest BCUT2D eigenvalue weighted by atomic mass is 16.4. The number of aliphatic imine (C=N–C) groups is 1. The lowest BCUT2D eigenvalue weighted by Crippen LogP contribution is -2.01. The summed E-state index contributed by atoms with van der Waals surface area (Å²) in [5.74, 6) is 0.416. The first-order valence-corrected chi connectivity index (χ1v) is 5.04. The highest BCUT2D eigenvalue weighted by Crippen LogP contribution is 2.37. The fourth-order valence-corrected chi connectivity index (χ4v) is 1.87. The topological polar surface area (TPSA) is 62.5 Å². The van der Waals surface area contributed by atoms with Gasteiger partial charge in [0.2, 0.25) is 0 Å². The molecule has 2 aliphatic rings. The molecule has 1 saturated carbocycles. The molecule has 4 nitrogen and oxygen atoms in total. The van der Waals surface area contributed by atoms with Crippen molar-refractivity contribution in [1.29, 1.82) is 0 Å². The molecule has 2 heterocycles. The quantitative estimate of drug-likeness (QED) is 0.795. The molecule has 0 unspecified atom stereocenters. The summed E-state index contributed by atoms with van der Waals surface area (Å²) in [4.78, 5) is 19.3. The van der Waals surface area contributed by atoms with Crippen LogP contribution in [0.25, 0.3) is 0 Å². The molecule has 3 rings (SSSR count). The monoisotopic (exact) mass is 202 g/mol. The minimum absolute atomic E-state index is 0.251. The van der Waals surface area contributed by atoms with Crippen LogP contribution in [0, 0.1) is 5.92 Å². The van der Waals surface area contributed by atoms with Crippen LogP contribution in [0.15, 0.2) is 17.3 Å². The molecule has 76 valence electrons. The molecular formula is C11H10N2O2. The number of rotatable bonds is 2. The van der Waals surface area contributed by atoms with Gasteiger partial charge in [-0.25, -0.2) is 14.8 Å². The number of hydrogen-bond acceptors (Lipinski definition) is 3. The summed E-state index contributed by atoms with van der Waals surface area (Å²) in [6, 6.07) is 1.68. The normalized spacial score (nSPS) is 18.5. The average molecular weight is 202 g/mol. The van der Waals surface area contributed by atoms with E-state index in [0.717, 1.165) is 12.0 Å². The summed E-state index contributed by atoms with van der Waals surface area (Å²) in [5, 5.41) is 8.83. The number of aromatic nitrogens is 1. The molecule has 1 aliphatic heterocycles. The molecule has 1 fully saturated rings. The molecule has 1 aromatic heterocycles.